The third-order valence-corrected chi connectivity index (χ3v) is 4.61. The Bertz CT molecular complexity index is 816. The molecule has 1 aromatic carbocycles. The number of nitrogens with one attached hydrogen (secondary N) is 1. The van der Waals surface area contributed by atoms with Crippen LogP contribution in [0.2, 0.25) is 0 Å². The molecule has 2 aromatic heterocycles. The molecule has 0 amide bonds. The van der Waals surface area contributed by atoms with Crippen LogP contribution in [-0.4, -0.2) is 29.2 Å². The molecule has 3 aromatic rings. The molecule has 128 valence electrons. The van der Waals surface area contributed by atoms with E-state index >= 15 is 0 Å². The fraction of sp³-hybridized carbons (Fsp3) is 0.158. The van der Waals surface area contributed by atoms with Crippen LogP contribution < -0.4 is 10.1 Å². The van der Waals surface area contributed by atoms with Crippen molar-refractivity contribution in [3.63, 3.8) is 0 Å². The van der Waals surface area contributed by atoms with Crippen molar-refractivity contribution in [2.75, 3.05) is 13.2 Å². The SMILES string of the molecule is O=C(O)c1ccc(-c2ccc(CNCCOc3ccccc3)cn2)s1. The summed E-state index contributed by atoms with van der Waals surface area (Å²) in [5.74, 6) is -0.0400. The molecule has 0 radical (unpaired) electrons. The Morgan fingerprint density at radius 3 is 2.64 bits per heavy atom. The quantitative estimate of drug-likeness (QED) is 0.604. The summed E-state index contributed by atoms with van der Waals surface area (Å²) < 4.78 is 5.62. The van der Waals surface area contributed by atoms with Gasteiger partial charge in [-0.3, -0.25) is 4.98 Å². The summed E-state index contributed by atoms with van der Waals surface area (Å²) in [5, 5.41) is 12.3. The number of hydrogen-bond donors (Lipinski definition) is 2. The number of para-hydroxylation sites is 1. The van der Waals surface area contributed by atoms with Crippen LogP contribution in [0.3, 0.4) is 0 Å². The first kappa shape index (κ1) is 17.1. The van der Waals surface area contributed by atoms with Crippen molar-refractivity contribution in [1.82, 2.24) is 10.3 Å². The highest BCUT2D eigenvalue weighted by atomic mass is 32.1. The maximum Gasteiger partial charge on any atom is 0.345 e. The fourth-order valence-electron chi connectivity index (χ4n) is 2.26. The van der Waals surface area contributed by atoms with Crippen LogP contribution >= 0.6 is 11.3 Å². The van der Waals surface area contributed by atoms with Gasteiger partial charge in [-0.05, 0) is 35.9 Å². The molecule has 0 saturated heterocycles. The highest BCUT2D eigenvalue weighted by Crippen LogP contribution is 2.26. The van der Waals surface area contributed by atoms with Gasteiger partial charge in [-0.1, -0.05) is 24.3 Å². The van der Waals surface area contributed by atoms with Crippen LogP contribution in [-0.2, 0) is 6.54 Å². The van der Waals surface area contributed by atoms with E-state index in [1.807, 2.05) is 42.5 Å². The van der Waals surface area contributed by atoms with Crippen molar-refractivity contribution in [2.24, 2.45) is 0 Å². The van der Waals surface area contributed by atoms with E-state index in [1.54, 1.807) is 18.3 Å². The molecule has 0 aliphatic carbocycles. The zero-order chi connectivity index (χ0) is 17.5. The Labute approximate surface area is 149 Å². The largest absolute Gasteiger partial charge is 0.492 e. The molecule has 3 rings (SSSR count). The normalized spacial score (nSPS) is 10.6. The van der Waals surface area contributed by atoms with Crippen molar-refractivity contribution in [3.8, 4) is 16.3 Å². The number of carboxylic acid groups (broad SMARTS) is 1. The third-order valence-electron chi connectivity index (χ3n) is 3.51. The van der Waals surface area contributed by atoms with Gasteiger partial charge in [-0.2, -0.15) is 0 Å². The van der Waals surface area contributed by atoms with E-state index in [9.17, 15) is 4.79 Å². The predicted octanol–water partition coefficient (Wildman–Crippen LogP) is 3.68. The smallest absolute Gasteiger partial charge is 0.345 e. The van der Waals surface area contributed by atoms with E-state index in [0.29, 0.717) is 18.0 Å². The van der Waals surface area contributed by atoms with Crippen molar-refractivity contribution < 1.29 is 14.6 Å². The molecule has 0 aliphatic heterocycles. The standard InChI is InChI=1S/C19H18N2O3S/c22-19(23)18-9-8-17(25-18)16-7-6-14(13-21-16)12-20-10-11-24-15-4-2-1-3-5-15/h1-9,13,20H,10-12H2,(H,22,23). The number of nitrogens with zero attached hydrogens (tertiary/aromatic N) is 1. The highest BCUT2D eigenvalue weighted by Gasteiger charge is 2.09. The van der Waals surface area contributed by atoms with Crippen LogP contribution in [0.5, 0.6) is 5.75 Å². The Balaban J connectivity index is 1.45. The lowest BCUT2D eigenvalue weighted by atomic mass is 10.2. The minimum absolute atomic E-state index is 0.320. The van der Waals surface area contributed by atoms with Gasteiger partial charge in [-0.25, -0.2) is 4.79 Å². The Kier molecular flexibility index (Phi) is 5.77. The van der Waals surface area contributed by atoms with Gasteiger partial charge in [0.15, 0.2) is 0 Å². The molecule has 0 spiro atoms. The van der Waals surface area contributed by atoms with Crippen molar-refractivity contribution in [1.29, 1.82) is 0 Å². The fourth-order valence-corrected chi connectivity index (χ4v) is 3.08. The number of thiophene rings is 1. The number of hydrogen-bond acceptors (Lipinski definition) is 5. The molecular weight excluding hydrogens is 336 g/mol. The van der Waals surface area contributed by atoms with Gasteiger partial charge in [0.25, 0.3) is 0 Å². The Hall–Kier alpha value is -2.70. The second kappa shape index (κ2) is 8.41. The first-order valence-electron chi connectivity index (χ1n) is 7.89. The number of carbonyl (C=O) groups is 1. The summed E-state index contributed by atoms with van der Waals surface area (Å²) in [5.41, 5.74) is 1.85. The summed E-state index contributed by atoms with van der Waals surface area (Å²) in [6.07, 6.45) is 1.81. The predicted molar refractivity (Wildman–Crippen MR) is 98.2 cm³/mol. The number of pyridine rings is 1. The summed E-state index contributed by atoms with van der Waals surface area (Å²) in [6.45, 7) is 2.04. The second-order valence-electron chi connectivity index (χ2n) is 5.36. The van der Waals surface area contributed by atoms with Gasteiger partial charge in [0.05, 0.1) is 10.6 Å². The molecule has 0 bridgehead atoms. The molecule has 2 N–H and O–H groups in total. The lowest BCUT2D eigenvalue weighted by Crippen LogP contribution is -2.20. The lowest BCUT2D eigenvalue weighted by molar-refractivity contribution is 0.0702. The van der Waals surface area contributed by atoms with E-state index in [4.69, 9.17) is 9.84 Å². The zero-order valence-corrected chi connectivity index (χ0v) is 14.3. The van der Waals surface area contributed by atoms with Gasteiger partial charge >= 0.3 is 5.97 Å². The molecule has 0 atom stereocenters. The molecule has 5 nitrogen and oxygen atoms in total. The van der Waals surface area contributed by atoms with Crippen LogP contribution in [0.25, 0.3) is 10.6 Å². The number of ether oxygens (including phenoxy) is 1. The molecule has 0 fully saturated rings. The van der Waals surface area contributed by atoms with E-state index in [2.05, 4.69) is 10.3 Å². The molecule has 0 unspecified atom stereocenters. The number of aromatic nitrogens is 1. The second-order valence-corrected chi connectivity index (χ2v) is 6.44. The molecular formula is C19H18N2O3S. The average molecular weight is 354 g/mol. The van der Waals surface area contributed by atoms with Gasteiger partial charge in [0.1, 0.15) is 17.2 Å². The first-order valence-corrected chi connectivity index (χ1v) is 8.71. The third kappa shape index (κ3) is 4.89. The Morgan fingerprint density at radius 2 is 1.96 bits per heavy atom. The molecule has 2 heterocycles. The lowest BCUT2D eigenvalue weighted by Gasteiger charge is -2.07. The average Bonchev–Trinajstić information content (AvgIpc) is 3.13. The van der Waals surface area contributed by atoms with Crippen LogP contribution in [0.4, 0.5) is 0 Å². The minimum Gasteiger partial charge on any atom is -0.492 e. The summed E-state index contributed by atoms with van der Waals surface area (Å²) >= 11 is 1.23. The number of rotatable bonds is 8. The maximum atomic E-state index is 10.9. The van der Waals surface area contributed by atoms with Crippen LogP contribution in [0.1, 0.15) is 15.2 Å². The summed E-state index contributed by atoms with van der Waals surface area (Å²) in [7, 11) is 0. The number of benzene rings is 1. The number of carboxylic acids is 1. The van der Waals surface area contributed by atoms with Crippen LogP contribution in [0, 0.1) is 0 Å². The van der Waals surface area contributed by atoms with Gasteiger partial charge in [0, 0.05) is 19.3 Å². The molecule has 25 heavy (non-hydrogen) atoms. The first-order chi connectivity index (χ1) is 12.2. The van der Waals surface area contributed by atoms with Crippen LogP contribution in [0.15, 0.2) is 60.8 Å². The maximum absolute atomic E-state index is 10.9. The molecule has 0 aliphatic rings. The van der Waals surface area contributed by atoms with Crippen molar-refractivity contribution >= 4 is 17.3 Å². The highest BCUT2D eigenvalue weighted by molar-refractivity contribution is 7.17. The van der Waals surface area contributed by atoms with Crippen molar-refractivity contribution in [2.45, 2.75) is 6.54 Å². The Morgan fingerprint density at radius 1 is 1.12 bits per heavy atom. The topological polar surface area (TPSA) is 71.5 Å². The van der Waals surface area contributed by atoms with Gasteiger partial charge in [0.2, 0.25) is 0 Å². The summed E-state index contributed by atoms with van der Waals surface area (Å²) in [6, 6.07) is 17.0. The summed E-state index contributed by atoms with van der Waals surface area (Å²) in [4.78, 5) is 16.5. The number of aromatic carboxylic acids is 1. The molecule has 6 heteroatoms. The molecule has 0 saturated carbocycles. The minimum atomic E-state index is -0.908. The monoisotopic (exact) mass is 354 g/mol. The zero-order valence-electron chi connectivity index (χ0n) is 13.5. The van der Waals surface area contributed by atoms with Gasteiger partial charge < -0.3 is 15.2 Å². The van der Waals surface area contributed by atoms with E-state index in [0.717, 1.165) is 28.4 Å². The van der Waals surface area contributed by atoms with Crippen molar-refractivity contribution in [3.05, 3.63) is 71.2 Å². The van der Waals surface area contributed by atoms with E-state index in [-0.39, 0.29) is 0 Å². The van der Waals surface area contributed by atoms with E-state index < -0.39 is 5.97 Å². The van der Waals surface area contributed by atoms with E-state index in [1.165, 1.54) is 11.3 Å². The van der Waals surface area contributed by atoms with Gasteiger partial charge in [-0.15, -0.1) is 11.3 Å².